The van der Waals surface area contributed by atoms with E-state index >= 15 is 0 Å². The summed E-state index contributed by atoms with van der Waals surface area (Å²) in [5.41, 5.74) is 0.707. The predicted octanol–water partition coefficient (Wildman–Crippen LogP) is 2.02. The van der Waals surface area contributed by atoms with Crippen molar-refractivity contribution in [2.24, 2.45) is 5.73 Å². The van der Waals surface area contributed by atoms with Crippen molar-refractivity contribution < 1.29 is 27.5 Å². The lowest BCUT2D eigenvalue weighted by Gasteiger charge is -2.31. The number of para-hydroxylation sites is 1. The van der Waals surface area contributed by atoms with Gasteiger partial charge in [-0.05, 0) is 23.9 Å². The molecule has 0 bridgehead atoms. The Bertz CT molecular complexity index is 597. The van der Waals surface area contributed by atoms with Gasteiger partial charge >= 0.3 is 11.5 Å². The van der Waals surface area contributed by atoms with Gasteiger partial charge in [0.1, 0.15) is 0 Å². The molecule has 1 fully saturated rings. The van der Waals surface area contributed by atoms with Crippen molar-refractivity contribution in [3.05, 3.63) is 24.3 Å². The average molecular weight is 349 g/mol. The summed E-state index contributed by atoms with van der Waals surface area (Å²) in [6, 6.07) is 4.98. The van der Waals surface area contributed by atoms with Gasteiger partial charge in [0.05, 0.1) is 18.8 Å². The Balaban J connectivity index is 2.07. The maximum atomic E-state index is 12.5. The van der Waals surface area contributed by atoms with Crippen LogP contribution < -0.4 is 11.1 Å². The molecule has 1 saturated heterocycles. The van der Waals surface area contributed by atoms with Gasteiger partial charge in [-0.3, -0.25) is 4.79 Å². The van der Waals surface area contributed by atoms with Gasteiger partial charge in [-0.1, -0.05) is 12.1 Å². The summed E-state index contributed by atoms with van der Waals surface area (Å²) in [5, 5.41) is 2.42. The van der Waals surface area contributed by atoms with Gasteiger partial charge in [-0.25, -0.2) is 4.79 Å². The van der Waals surface area contributed by atoms with Crippen LogP contribution in [-0.4, -0.2) is 48.1 Å². The molecule has 3 N–H and O–H groups in total. The number of hydrogen-bond acceptors (Lipinski definition) is 4. The van der Waals surface area contributed by atoms with Crippen LogP contribution in [0.1, 0.15) is 0 Å². The van der Waals surface area contributed by atoms with Gasteiger partial charge in [0.25, 0.3) is 0 Å². The van der Waals surface area contributed by atoms with Crippen LogP contribution in [0.3, 0.4) is 0 Å². The number of morpholine rings is 1. The van der Waals surface area contributed by atoms with Crippen LogP contribution >= 0.6 is 11.8 Å². The summed E-state index contributed by atoms with van der Waals surface area (Å²) >= 11 is -0.311. The first-order valence-corrected chi connectivity index (χ1v) is 7.39. The van der Waals surface area contributed by atoms with Crippen LogP contribution in [0.5, 0.6) is 0 Å². The van der Waals surface area contributed by atoms with E-state index in [1.54, 1.807) is 0 Å². The number of nitrogens with zero attached hydrogens (tertiary/aromatic N) is 1. The average Bonchev–Trinajstić information content (AvgIpc) is 2.48. The van der Waals surface area contributed by atoms with Crippen molar-refractivity contribution in [1.29, 1.82) is 0 Å². The SMILES string of the molecule is NC(=O)[C@H]1CN(C(=O)Nc2ccccc2SC(F)(F)F)CCO1. The topological polar surface area (TPSA) is 84.7 Å². The van der Waals surface area contributed by atoms with Crippen molar-refractivity contribution in [1.82, 2.24) is 4.90 Å². The maximum absolute atomic E-state index is 12.5. The number of rotatable bonds is 3. The highest BCUT2D eigenvalue weighted by molar-refractivity contribution is 8.00. The Hall–Kier alpha value is -1.94. The van der Waals surface area contributed by atoms with Crippen LogP contribution in [0.4, 0.5) is 23.7 Å². The lowest BCUT2D eigenvalue weighted by molar-refractivity contribution is -0.133. The van der Waals surface area contributed by atoms with Crippen LogP contribution in [0.2, 0.25) is 0 Å². The highest BCUT2D eigenvalue weighted by Crippen LogP contribution is 2.40. The second-order valence-electron chi connectivity index (χ2n) is 4.68. The lowest BCUT2D eigenvalue weighted by Crippen LogP contribution is -2.51. The summed E-state index contributed by atoms with van der Waals surface area (Å²) < 4.78 is 42.7. The van der Waals surface area contributed by atoms with Crippen molar-refractivity contribution in [3.8, 4) is 0 Å². The molecule has 2 rings (SSSR count). The van der Waals surface area contributed by atoms with Gasteiger partial charge < -0.3 is 20.7 Å². The number of urea groups is 1. The van der Waals surface area contributed by atoms with E-state index < -0.39 is 23.6 Å². The molecule has 0 saturated carbocycles. The first-order chi connectivity index (χ1) is 10.8. The maximum Gasteiger partial charge on any atom is 0.446 e. The molecule has 1 aromatic carbocycles. The molecular weight excluding hydrogens is 335 g/mol. The third kappa shape index (κ3) is 5.03. The smallest absolute Gasteiger partial charge is 0.367 e. The zero-order valence-electron chi connectivity index (χ0n) is 11.8. The summed E-state index contributed by atoms with van der Waals surface area (Å²) in [6.07, 6.45) is -0.922. The second-order valence-corrected chi connectivity index (χ2v) is 5.79. The van der Waals surface area contributed by atoms with Gasteiger partial charge in [-0.2, -0.15) is 13.2 Å². The number of nitrogens with two attached hydrogens (primary N) is 1. The highest BCUT2D eigenvalue weighted by atomic mass is 32.2. The summed E-state index contributed by atoms with van der Waals surface area (Å²) in [4.78, 5) is 24.4. The van der Waals surface area contributed by atoms with E-state index in [-0.39, 0.29) is 42.0 Å². The largest absolute Gasteiger partial charge is 0.446 e. The molecule has 0 radical (unpaired) electrons. The number of primary amides is 1. The van der Waals surface area contributed by atoms with Gasteiger partial charge in [0.2, 0.25) is 5.91 Å². The molecule has 10 heteroatoms. The third-order valence-electron chi connectivity index (χ3n) is 3.03. The number of carbonyl (C=O) groups excluding carboxylic acids is 2. The van der Waals surface area contributed by atoms with Gasteiger partial charge in [-0.15, -0.1) is 0 Å². The molecular formula is C13H14F3N3O3S. The minimum absolute atomic E-state index is 0.0435. The molecule has 1 aliphatic rings. The Morgan fingerprint density at radius 1 is 1.35 bits per heavy atom. The van der Waals surface area contributed by atoms with Gasteiger partial charge in [0, 0.05) is 11.4 Å². The number of hydrogen-bond donors (Lipinski definition) is 2. The van der Waals surface area contributed by atoms with Gasteiger partial charge in [0.15, 0.2) is 6.10 Å². The minimum atomic E-state index is -4.46. The molecule has 23 heavy (non-hydrogen) atoms. The summed E-state index contributed by atoms with van der Waals surface area (Å²) in [7, 11) is 0. The van der Waals surface area contributed by atoms with E-state index in [2.05, 4.69) is 5.32 Å². The predicted molar refractivity (Wildman–Crippen MR) is 77.9 cm³/mol. The Kier molecular flexibility index (Phi) is 5.37. The molecule has 0 unspecified atom stereocenters. The van der Waals surface area contributed by atoms with E-state index in [1.807, 2.05) is 0 Å². The zero-order valence-corrected chi connectivity index (χ0v) is 12.6. The molecule has 0 aromatic heterocycles. The minimum Gasteiger partial charge on any atom is -0.367 e. The standard InChI is InChI=1S/C13H14F3N3O3S/c14-13(15,16)23-10-4-2-1-3-8(10)18-12(21)19-5-6-22-9(7-19)11(17)20/h1-4,9H,5-7H2,(H2,17,20)(H,18,21)/t9-/m1/s1. The number of nitrogens with one attached hydrogen (secondary N) is 1. The molecule has 1 aromatic rings. The van der Waals surface area contributed by atoms with E-state index in [9.17, 15) is 22.8 Å². The quantitative estimate of drug-likeness (QED) is 0.818. The third-order valence-corrected chi connectivity index (χ3v) is 3.83. The van der Waals surface area contributed by atoms with E-state index in [4.69, 9.17) is 10.5 Å². The van der Waals surface area contributed by atoms with Crippen molar-refractivity contribution in [3.63, 3.8) is 0 Å². The number of benzene rings is 1. The summed E-state index contributed by atoms with van der Waals surface area (Å²) in [6.45, 7) is 0.292. The number of halogens is 3. The number of anilines is 1. The highest BCUT2D eigenvalue weighted by Gasteiger charge is 2.31. The van der Waals surface area contributed by atoms with Crippen LogP contribution in [0.15, 0.2) is 29.2 Å². The van der Waals surface area contributed by atoms with Crippen molar-refractivity contribution in [2.75, 3.05) is 25.0 Å². The zero-order chi connectivity index (χ0) is 17.0. The fraction of sp³-hybridized carbons (Fsp3) is 0.385. The Labute approximate surface area is 134 Å². The number of carbonyl (C=O) groups is 2. The molecule has 1 aliphatic heterocycles. The first-order valence-electron chi connectivity index (χ1n) is 6.58. The Morgan fingerprint density at radius 2 is 2.04 bits per heavy atom. The molecule has 0 aliphatic carbocycles. The van der Waals surface area contributed by atoms with Crippen molar-refractivity contribution in [2.45, 2.75) is 16.5 Å². The summed E-state index contributed by atoms with van der Waals surface area (Å²) in [5.74, 6) is -0.699. The van der Waals surface area contributed by atoms with E-state index in [0.717, 1.165) is 0 Å². The molecule has 0 spiro atoms. The van der Waals surface area contributed by atoms with Crippen molar-refractivity contribution >= 4 is 29.4 Å². The van der Waals surface area contributed by atoms with Crippen LogP contribution in [0, 0.1) is 0 Å². The molecule has 3 amide bonds. The normalized spacial score (nSPS) is 18.6. The van der Waals surface area contributed by atoms with Crippen LogP contribution in [0.25, 0.3) is 0 Å². The number of thioether (sulfide) groups is 1. The fourth-order valence-corrected chi connectivity index (χ4v) is 2.61. The fourth-order valence-electron chi connectivity index (χ4n) is 1.98. The Morgan fingerprint density at radius 3 is 2.70 bits per heavy atom. The number of ether oxygens (including phenoxy) is 1. The molecule has 1 heterocycles. The molecule has 126 valence electrons. The van der Waals surface area contributed by atoms with E-state index in [0.29, 0.717) is 0 Å². The lowest BCUT2D eigenvalue weighted by atomic mass is 10.2. The number of alkyl halides is 3. The molecule has 6 nitrogen and oxygen atoms in total. The van der Waals surface area contributed by atoms with Crippen LogP contribution in [-0.2, 0) is 9.53 Å². The second kappa shape index (κ2) is 7.09. The first kappa shape index (κ1) is 17.4. The monoisotopic (exact) mass is 349 g/mol. The molecule has 1 atom stereocenters. The van der Waals surface area contributed by atoms with E-state index in [1.165, 1.54) is 29.2 Å². The number of amides is 3.